The van der Waals surface area contributed by atoms with Crippen LogP contribution < -0.4 is 5.63 Å². The molecule has 5 nitrogen and oxygen atoms in total. The van der Waals surface area contributed by atoms with Crippen molar-refractivity contribution in [3.8, 4) is 5.75 Å². The number of rotatable bonds is 10. The fraction of sp³-hybridized carbons (Fsp3) is 0.440. The highest BCUT2D eigenvalue weighted by atomic mass is 16.5. The van der Waals surface area contributed by atoms with Crippen LogP contribution in [0.5, 0.6) is 5.75 Å². The van der Waals surface area contributed by atoms with Gasteiger partial charge in [0.25, 0.3) is 0 Å². The number of phenols is 1. The molecule has 30 heavy (non-hydrogen) atoms. The molecule has 2 aromatic rings. The van der Waals surface area contributed by atoms with E-state index in [4.69, 9.17) is 9.15 Å². The molecule has 1 aromatic carbocycles. The molecule has 0 atom stereocenters. The van der Waals surface area contributed by atoms with Gasteiger partial charge in [0.1, 0.15) is 16.9 Å². The van der Waals surface area contributed by atoms with Gasteiger partial charge in [0.2, 0.25) is 0 Å². The first-order valence-electron chi connectivity index (χ1n) is 10.7. The predicted octanol–water partition coefficient (Wildman–Crippen LogP) is 5.86. The number of carbonyl (C=O) groups excluding carboxylic acids is 1. The molecule has 0 aliphatic rings. The van der Waals surface area contributed by atoms with E-state index in [1.54, 1.807) is 13.0 Å². The fourth-order valence-corrected chi connectivity index (χ4v) is 3.25. The molecule has 1 heterocycles. The summed E-state index contributed by atoms with van der Waals surface area (Å²) in [4.78, 5) is 24.6. The van der Waals surface area contributed by atoms with Crippen molar-refractivity contribution in [3.05, 3.63) is 63.0 Å². The van der Waals surface area contributed by atoms with E-state index < -0.39 is 11.6 Å². The quantitative estimate of drug-likeness (QED) is 0.229. The van der Waals surface area contributed by atoms with Gasteiger partial charge in [-0.15, -0.1) is 0 Å². The Morgan fingerprint density at radius 3 is 2.57 bits per heavy atom. The van der Waals surface area contributed by atoms with Crippen molar-refractivity contribution < 1.29 is 19.1 Å². The van der Waals surface area contributed by atoms with Crippen LogP contribution in [0.15, 0.2) is 45.1 Å². The number of hydrogen-bond acceptors (Lipinski definition) is 5. The summed E-state index contributed by atoms with van der Waals surface area (Å²) < 4.78 is 10.5. The van der Waals surface area contributed by atoms with E-state index in [0.717, 1.165) is 18.4 Å². The molecule has 1 aromatic heterocycles. The lowest BCUT2D eigenvalue weighted by Gasteiger charge is -2.12. The van der Waals surface area contributed by atoms with Gasteiger partial charge < -0.3 is 14.3 Å². The molecule has 0 fully saturated rings. The monoisotopic (exact) mass is 412 g/mol. The fourth-order valence-electron chi connectivity index (χ4n) is 3.25. The highest BCUT2D eigenvalue weighted by Crippen LogP contribution is 2.32. The first kappa shape index (κ1) is 23.5. The average molecular weight is 413 g/mol. The molecule has 0 spiro atoms. The predicted molar refractivity (Wildman–Crippen MR) is 120 cm³/mol. The van der Waals surface area contributed by atoms with Gasteiger partial charge in [-0.1, -0.05) is 43.6 Å². The number of unbranched alkanes of at least 4 members (excludes halogenated alkanes) is 3. The van der Waals surface area contributed by atoms with Gasteiger partial charge in [-0.05, 0) is 58.6 Å². The number of fused-ring (bicyclic) bond motifs is 1. The van der Waals surface area contributed by atoms with Crippen LogP contribution in [0.1, 0.15) is 74.9 Å². The summed E-state index contributed by atoms with van der Waals surface area (Å²) in [6, 6.07) is 3.14. The van der Waals surface area contributed by atoms with Crippen molar-refractivity contribution >= 4 is 16.9 Å². The van der Waals surface area contributed by atoms with Crippen LogP contribution in [0.25, 0.3) is 11.0 Å². The first-order chi connectivity index (χ1) is 14.4. The van der Waals surface area contributed by atoms with Gasteiger partial charge in [-0.3, -0.25) is 0 Å². The Morgan fingerprint density at radius 1 is 1.13 bits per heavy atom. The summed E-state index contributed by atoms with van der Waals surface area (Å²) in [6.07, 6.45) is 11.6. The Bertz CT molecular complexity index is 991. The molecule has 2 rings (SSSR count). The molecule has 0 bridgehead atoms. The van der Waals surface area contributed by atoms with Crippen molar-refractivity contribution in [1.82, 2.24) is 0 Å². The molecule has 0 radical (unpaired) electrons. The second-order valence-electron chi connectivity index (χ2n) is 7.60. The van der Waals surface area contributed by atoms with E-state index in [2.05, 4.69) is 13.0 Å². The molecule has 0 aliphatic heterocycles. The summed E-state index contributed by atoms with van der Waals surface area (Å²) in [7, 11) is 0. The molecule has 5 heteroatoms. The van der Waals surface area contributed by atoms with Crippen LogP contribution in [0.3, 0.4) is 0 Å². The topological polar surface area (TPSA) is 76.7 Å². The highest BCUT2D eigenvalue weighted by molar-refractivity contribution is 5.95. The average Bonchev–Trinajstić information content (AvgIpc) is 2.70. The van der Waals surface area contributed by atoms with Gasteiger partial charge in [0, 0.05) is 16.5 Å². The Balaban J connectivity index is 2.55. The second kappa shape index (κ2) is 11.4. The van der Waals surface area contributed by atoms with Crippen LogP contribution in [0, 0.1) is 0 Å². The number of ether oxygens (including phenoxy) is 1. The minimum atomic E-state index is -0.730. The first-order valence-corrected chi connectivity index (χ1v) is 10.7. The molecule has 0 amide bonds. The van der Waals surface area contributed by atoms with E-state index in [1.807, 2.05) is 26.0 Å². The SMILES string of the molecule is CCCCC/C=C/Cc1c(O)cc(CC=C(C)C)c2oc(=O)c(C(=O)OCC)cc12. The Kier molecular flexibility index (Phi) is 8.90. The third-order valence-corrected chi connectivity index (χ3v) is 4.87. The number of carbonyl (C=O) groups is 1. The maximum Gasteiger partial charge on any atom is 0.351 e. The molecule has 1 N–H and O–H groups in total. The lowest BCUT2D eigenvalue weighted by Crippen LogP contribution is -2.17. The molecule has 162 valence electrons. The maximum absolute atomic E-state index is 12.4. The Hall–Kier alpha value is -2.82. The lowest BCUT2D eigenvalue weighted by molar-refractivity contribution is 0.0521. The number of hydrogen-bond donors (Lipinski definition) is 1. The summed E-state index contributed by atoms with van der Waals surface area (Å²) in [5, 5.41) is 11.3. The van der Waals surface area contributed by atoms with Crippen molar-refractivity contribution in [1.29, 1.82) is 0 Å². The molecular weight excluding hydrogens is 380 g/mol. The zero-order chi connectivity index (χ0) is 22.1. The normalized spacial score (nSPS) is 11.2. The van der Waals surface area contributed by atoms with Crippen molar-refractivity contribution in [2.24, 2.45) is 0 Å². The molecular formula is C25H32O5. The summed E-state index contributed by atoms with van der Waals surface area (Å²) in [5.74, 6) is -0.593. The van der Waals surface area contributed by atoms with Gasteiger partial charge in [-0.2, -0.15) is 0 Å². The standard InChI is InChI=1S/C25H32O5/c1-5-7-8-9-10-11-12-19-20-16-21(24(27)29-6-2)25(28)30-23(20)18(15-22(19)26)14-13-17(3)4/h10-11,13,15-16,26H,5-9,12,14H2,1-4H3/b11-10+. The minimum Gasteiger partial charge on any atom is -0.508 e. The number of allylic oxidation sites excluding steroid dienone is 4. The molecule has 0 unspecified atom stereocenters. The van der Waals surface area contributed by atoms with Gasteiger partial charge >= 0.3 is 11.6 Å². The third-order valence-electron chi connectivity index (χ3n) is 4.87. The van der Waals surface area contributed by atoms with E-state index in [1.165, 1.54) is 18.9 Å². The summed E-state index contributed by atoms with van der Waals surface area (Å²) >= 11 is 0. The summed E-state index contributed by atoms with van der Waals surface area (Å²) in [5.41, 5.74) is 1.96. The Labute approximate surface area is 178 Å². The van der Waals surface area contributed by atoms with E-state index in [9.17, 15) is 14.7 Å². The van der Waals surface area contributed by atoms with Gasteiger partial charge in [0.05, 0.1) is 6.61 Å². The largest absolute Gasteiger partial charge is 0.508 e. The van der Waals surface area contributed by atoms with Crippen LogP contribution in [0.2, 0.25) is 0 Å². The lowest BCUT2D eigenvalue weighted by atomic mass is 9.97. The highest BCUT2D eigenvalue weighted by Gasteiger charge is 2.19. The molecule has 0 saturated heterocycles. The Morgan fingerprint density at radius 2 is 1.90 bits per heavy atom. The third kappa shape index (κ3) is 6.09. The number of phenolic OH excluding ortho intramolecular Hbond substituents is 1. The van der Waals surface area contributed by atoms with E-state index >= 15 is 0 Å². The number of esters is 1. The maximum atomic E-state index is 12.4. The van der Waals surface area contributed by atoms with Crippen LogP contribution in [0.4, 0.5) is 0 Å². The van der Waals surface area contributed by atoms with Crippen molar-refractivity contribution in [3.63, 3.8) is 0 Å². The number of aromatic hydroxyl groups is 1. The van der Waals surface area contributed by atoms with E-state index in [0.29, 0.717) is 34.9 Å². The molecule has 0 saturated carbocycles. The number of benzene rings is 1. The zero-order valence-corrected chi connectivity index (χ0v) is 18.4. The van der Waals surface area contributed by atoms with Gasteiger partial charge in [0.15, 0.2) is 0 Å². The van der Waals surface area contributed by atoms with Crippen LogP contribution in [-0.4, -0.2) is 17.7 Å². The van der Waals surface area contributed by atoms with Crippen LogP contribution in [-0.2, 0) is 17.6 Å². The molecule has 0 aliphatic carbocycles. The smallest absolute Gasteiger partial charge is 0.351 e. The van der Waals surface area contributed by atoms with Crippen molar-refractivity contribution in [2.75, 3.05) is 6.61 Å². The van der Waals surface area contributed by atoms with E-state index in [-0.39, 0.29) is 17.9 Å². The minimum absolute atomic E-state index is 0.126. The van der Waals surface area contributed by atoms with Gasteiger partial charge in [-0.25, -0.2) is 9.59 Å². The summed E-state index contributed by atoms with van der Waals surface area (Å²) in [6.45, 7) is 7.97. The van der Waals surface area contributed by atoms with Crippen LogP contribution >= 0.6 is 0 Å². The van der Waals surface area contributed by atoms with Crippen molar-refractivity contribution in [2.45, 2.75) is 66.2 Å². The zero-order valence-electron chi connectivity index (χ0n) is 18.4. The second-order valence-corrected chi connectivity index (χ2v) is 7.60.